The van der Waals surface area contributed by atoms with Crippen LogP contribution in [0, 0.1) is 11.8 Å². The molecule has 0 radical (unpaired) electrons. The first-order chi connectivity index (χ1) is 10.3. The van der Waals surface area contributed by atoms with Crippen LogP contribution in [0.4, 0.5) is 5.69 Å². The first-order valence-corrected chi connectivity index (χ1v) is 7.59. The fraction of sp³-hybridized carbons (Fsp3) is 0.412. The Morgan fingerprint density at radius 2 is 2.10 bits per heavy atom. The second-order valence-corrected chi connectivity index (χ2v) is 6.14. The summed E-state index contributed by atoms with van der Waals surface area (Å²) in [7, 11) is 0. The normalized spacial score (nSPS) is 28.0. The summed E-state index contributed by atoms with van der Waals surface area (Å²) in [4.78, 5) is 18.3. The molecule has 2 aromatic rings. The molecule has 2 fully saturated rings. The fourth-order valence-electron chi connectivity index (χ4n) is 4.20. The van der Waals surface area contributed by atoms with Gasteiger partial charge in [-0.1, -0.05) is 24.6 Å². The number of carboxylic acid groups (broad SMARTS) is 1. The van der Waals surface area contributed by atoms with Crippen LogP contribution in [0.15, 0.2) is 36.5 Å². The summed E-state index contributed by atoms with van der Waals surface area (Å²) >= 11 is 0. The van der Waals surface area contributed by atoms with Crippen LogP contribution in [0.25, 0.3) is 10.9 Å². The summed E-state index contributed by atoms with van der Waals surface area (Å²) in [5.41, 5.74) is 1.94. The van der Waals surface area contributed by atoms with Gasteiger partial charge in [-0.05, 0) is 36.8 Å². The maximum absolute atomic E-state index is 11.8. The molecule has 0 bridgehead atoms. The van der Waals surface area contributed by atoms with Crippen molar-refractivity contribution in [2.24, 2.45) is 11.8 Å². The smallest absolute Gasteiger partial charge is 0.326 e. The van der Waals surface area contributed by atoms with Crippen LogP contribution in [-0.4, -0.2) is 28.6 Å². The molecule has 0 amide bonds. The van der Waals surface area contributed by atoms with Gasteiger partial charge in [-0.25, -0.2) is 4.79 Å². The number of rotatable bonds is 2. The van der Waals surface area contributed by atoms with Crippen molar-refractivity contribution < 1.29 is 9.90 Å². The number of hydrogen-bond donors (Lipinski definition) is 1. The van der Waals surface area contributed by atoms with E-state index in [1.165, 1.54) is 6.42 Å². The molecule has 4 heteroatoms. The van der Waals surface area contributed by atoms with Gasteiger partial charge >= 0.3 is 5.97 Å². The lowest BCUT2D eigenvalue weighted by molar-refractivity contribution is -0.139. The van der Waals surface area contributed by atoms with Crippen molar-refractivity contribution in [1.29, 1.82) is 0 Å². The molecule has 3 unspecified atom stereocenters. The summed E-state index contributed by atoms with van der Waals surface area (Å²) in [6.07, 6.45) is 5.16. The van der Waals surface area contributed by atoms with E-state index in [0.29, 0.717) is 11.8 Å². The molecule has 1 saturated carbocycles. The van der Waals surface area contributed by atoms with E-state index in [2.05, 4.69) is 9.88 Å². The number of carboxylic acids is 1. The van der Waals surface area contributed by atoms with E-state index in [9.17, 15) is 9.90 Å². The van der Waals surface area contributed by atoms with Gasteiger partial charge in [-0.3, -0.25) is 4.98 Å². The zero-order valence-electron chi connectivity index (χ0n) is 11.8. The van der Waals surface area contributed by atoms with Crippen LogP contribution in [0.3, 0.4) is 0 Å². The molecule has 1 aliphatic heterocycles. The molecule has 2 heterocycles. The van der Waals surface area contributed by atoms with E-state index in [4.69, 9.17) is 0 Å². The van der Waals surface area contributed by atoms with E-state index in [0.717, 1.165) is 36.0 Å². The van der Waals surface area contributed by atoms with Crippen LogP contribution < -0.4 is 4.90 Å². The van der Waals surface area contributed by atoms with E-state index < -0.39 is 5.97 Å². The van der Waals surface area contributed by atoms with Gasteiger partial charge in [-0.15, -0.1) is 0 Å². The maximum Gasteiger partial charge on any atom is 0.326 e. The van der Waals surface area contributed by atoms with Crippen molar-refractivity contribution in [3.63, 3.8) is 0 Å². The van der Waals surface area contributed by atoms with Crippen molar-refractivity contribution in [3.05, 3.63) is 36.5 Å². The Balaban J connectivity index is 1.82. The molecule has 1 N–H and O–H groups in total. The molecule has 2 aliphatic rings. The Bertz CT molecular complexity index is 695. The van der Waals surface area contributed by atoms with Gasteiger partial charge in [0.1, 0.15) is 6.04 Å². The third-order valence-electron chi connectivity index (χ3n) is 5.08. The molecule has 1 aliphatic carbocycles. The van der Waals surface area contributed by atoms with Crippen LogP contribution in [0.5, 0.6) is 0 Å². The Hall–Kier alpha value is -2.10. The Labute approximate surface area is 123 Å². The fourth-order valence-corrected chi connectivity index (χ4v) is 4.20. The van der Waals surface area contributed by atoms with Crippen LogP contribution >= 0.6 is 0 Å². The maximum atomic E-state index is 11.8. The van der Waals surface area contributed by atoms with E-state index in [1.807, 2.05) is 30.3 Å². The molecule has 4 nitrogen and oxygen atoms in total. The van der Waals surface area contributed by atoms with Crippen LogP contribution in [0.1, 0.15) is 19.3 Å². The SMILES string of the molecule is O=C(O)C1C2CCCC2CN1c1ccnc2ccccc12. The predicted octanol–water partition coefficient (Wildman–Crippen LogP) is 2.92. The highest BCUT2D eigenvalue weighted by atomic mass is 16.4. The zero-order chi connectivity index (χ0) is 14.4. The number of anilines is 1. The molecule has 0 spiro atoms. The summed E-state index contributed by atoms with van der Waals surface area (Å²) < 4.78 is 0. The Kier molecular flexibility index (Phi) is 2.84. The molecule has 3 atom stereocenters. The van der Waals surface area contributed by atoms with Gasteiger partial charge in [0.05, 0.1) is 5.52 Å². The highest BCUT2D eigenvalue weighted by molar-refractivity contribution is 5.94. The monoisotopic (exact) mass is 282 g/mol. The van der Waals surface area contributed by atoms with Crippen LogP contribution in [0.2, 0.25) is 0 Å². The quantitative estimate of drug-likeness (QED) is 0.920. The first-order valence-electron chi connectivity index (χ1n) is 7.59. The van der Waals surface area contributed by atoms with Crippen molar-refractivity contribution in [2.75, 3.05) is 11.4 Å². The minimum Gasteiger partial charge on any atom is -0.480 e. The summed E-state index contributed by atoms with van der Waals surface area (Å²) in [6.45, 7) is 0.857. The average molecular weight is 282 g/mol. The Morgan fingerprint density at radius 1 is 1.24 bits per heavy atom. The Morgan fingerprint density at radius 3 is 2.95 bits per heavy atom. The van der Waals surface area contributed by atoms with Crippen molar-refractivity contribution >= 4 is 22.6 Å². The third kappa shape index (κ3) is 1.89. The molecule has 4 rings (SSSR count). The molecular weight excluding hydrogens is 264 g/mol. The number of carbonyl (C=O) groups is 1. The lowest BCUT2D eigenvalue weighted by atomic mass is 9.94. The number of pyridine rings is 1. The molecule has 1 saturated heterocycles. The van der Waals surface area contributed by atoms with Crippen molar-refractivity contribution in [1.82, 2.24) is 4.98 Å². The standard InChI is InChI=1S/C17H18N2O2/c20-17(21)16-12-6-3-4-11(12)10-19(16)15-8-9-18-14-7-2-1-5-13(14)15/h1-2,5,7-9,11-12,16H,3-4,6,10H2,(H,20,21). The minimum atomic E-state index is -0.690. The topological polar surface area (TPSA) is 53.4 Å². The molecule has 1 aromatic heterocycles. The van der Waals surface area contributed by atoms with Crippen molar-refractivity contribution in [3.8, 4) is 0 Å². The highest BCUT2D eigenvalue weighted by Crippen LogP contribution is 2.45. The number of aliphatic carboxylic acids is 1. The minimum absolute atomic E-state index is 0.300. The molecule has 108 valence electrons. The summed E-state index contributed by atoms with van der Waals surface area (Å²) in [6, 6.07) is 9.53. The van der Waals surface area contributed by atoms with E-state index in [-0.39, 0.29) is 6.04 Å². The molecule has 1 aromatic carbocycles. The van der Waals surface area contributed by atoms with Gasteiger partial charge in [0.25, 0.3) is 0 Å². The number of para-hydroxylation sites is 1. The largest absolute Gasteiger partial charge is 0.480 e. The lowest BCUT2D eigenvalue weighted by Gasteiger charge is -2.27. The van der Waals surface area contributed by atoms with Gasteiger partial charge in [-0.2, -0.15) is 0 Å². The molecule has 21 heavy (non-hydrogen) atoms. The molecular formula is C17H18N2O2. The van der Waals surface area contributed by atoms with Gasteiger partial charge < -0.3 is 10.0 Å². The third-order valence-corrected chi connectivity index (χ3v) is 5.08. The lowest BCUT2D eigenvalue weighted by Crippen LogP contribution is -2.39. The number of fused-ring (bicyclic) bond motifs is 2. The van der Waals surface area contributed by atoms with Crippen LogP contribution in [-0.2, 0) is 4.79 Å². The van der Waals surface area contributed by atoms with E-state index >= 15 is 0 Å². The predicted molar refractivity (Wildman–Crippen MR) is 81.3 cm³/mol. The van der Waals surface area contributed by atoms with E-state index in [1.54, 1.807) is 6.20 Å². The summed E-state index contributed by atoms with van der Waals surface area (Å²) in [5.74, 6) is 0.137. The van der Waals surface area contributed by atoms with Gasteiger partial charge in [0.2, 0.25) is 0 Å². The second-order valence-electron chi connectivity index (χ2n) is 6.14. The highest BCUT2D eigenvalue weighted by Gasteiger charge is 2.48. The van der Waals surface area contributed by atoms with Gasteiger partial charge in [0.15, 0.2) is 0 Å². The number of hydrogen-bond acceptors (Lipinski definition) is 3. The first kappa shape index (κ1) is 12.6. The van der Waals surface area contributed by atoms with Gasteiger partial charge in [0, 0.05) is 23.8 Å². The zero-order valence-corrected chi connectivity index (χ0v) is 11.8. The average Bonchev–Trinajstić information content (AvgIpc) is 3.06. The summed E-state index contributed by atoms with van der Waals surface area (Å²) in [5, 5.41) is 10.8. The number of benzene rings is 1. The number of aromatic nitrogens is 1. The van der Waals surface area contributed by atoms with Crippen molar-refractivity contribution in [2.45, 2.75) is 25.3 Å². The second kappa shape index (κ2) is 4.72. The number of nitrogens with zero attached hydrogens (tertiary/aromatic N) is 2.